The highest BCUT2D eigenvalue weighted by Gasteiger charge is 2.29. The van der Waals surface area contributed by atoms with E-state index in [9.17, 15) is 0 Å². The van der Waals surface area contributed by atoms with E-state index in [1.165, 1.54) is 19.4 Å². The lowest BCUT2D eigenvalue weighted by atomic mass is 10.0. The summed E-state index contributed by atoms with van der Waals surface area (Å²) < 4.78 is 0. The number of anilines is 1. The molecule has 0 aliphatic carbocycles. The molecule has 0 saturated carbocycles. The predicted octanol–water partition coefficient (Wildman–Crippen LogP) is 0.978. The van der Waals surface area contributed by atoms with Crippen molar-refractivity contribution < 1.29 is 0 Å². The quantitative estimate of drug-likeness (QED) is 0.855. The molecule has 0 radical (unpaired) electrons. The van der Waals surface area contributed by atoms with Crippen LogP contribution in [0.15, 0.2) is 12.1 Å². The van der Waals surface area contributed by atoms with E-state index in [0.29, 0.717) is 11.2 Å². The topological polar surface area (TPSA) is 53.1 Å². The zero-order chi connectivity index (χ0) is 12.4. The van der Waals surface area contributed by atoms with Crippen molar-refractivity contribution in [2.24, 2.45) is 0 Å². The van der Waals surface area contributed by atoms with Crippen LogP contribution < -0.4 is 10.6 Å². The van der Waals surface area contributed by atoms with Gasteiger partial charge in [-0.3, -0.25) is 4.90 Å². The molecule has 2 aliphatic rings. The molecule has 2 fully saturated rings. The maximum absolute atomic E-state index is 5.73. The van der Waals surface area contributed by atoms with Crippen LogP contribution in [0.1, 0.15) is 12.8 Å². The number of hydrogen-bond donors (Lipinski definition) is 2. The molecule has 3 rings (SSSR count). The summed E-state index contributed by atoms with van der Waals surface area (Å²) in [6.45, 7) is 4.58. The fourth-order valence-corrected chi connectivity index (χ4v) is 2.69. The summed E-state index contributed by atoms with van der Waals surface area (Å²) in [6, 6.07) is 4.85. The number of likely N-dealkylation sites (tertiary alicyclic amines) is 1. The second-order valence-corrected chi connectivity index (χ2v) is 5.42. The van der Waals surface area contributed by atoms with Crippen LogP contribution in [0, 0.1) is 0 Å². The van der Waals surface area contributed by atoms with E-state index in [1.807, 2.05) is 6.07 Å². The van der Waals surface area contributed by atoms with Crippen molar-refractivity contribution in [3.05, 3.63) is 17.3 Å². The van der Waals surface area contributed by atoms with Crippen LogP contribution >= 0.6 is 11.6 Å². The van der Waals surface area contributed by atoms with Gasteiger partial charge in [-0.1, -0.05) is 11.6 Å². The van der Waals surface area contributed by atoms with Gasteiger partial charge in [0.05, 0.1) is 0 Å². The highest BCUT2D eigenvalue weighted by Crippen LogP contribution is 2.18. The fraction of sp³-hybridized carbons (Fsp3) is 0.667. The van der Waals surface area contributed by atoms with Gasteiger partial charge in [-0.25, -0.2) is 0 Å². The molecule has 1 aromatic heterocycles. The summed E-state index contributed by atoms with van der Waals surface area (Å²) in [5.41, 5.74) is 0. The Balaban J connectivity index is 1.57. The monoisotopic (exact) mass is 267 g/mol. The van der Waals surface area contributed by atoms with E-state index in [2.05, 4.69) is 25.7 Å². The van der Waals surface area contributed by atoms with E-state index < -0.39 is 0 Å². The first-order valence-corrected chi connectivity index (χ1v) is 6.89. The Bertz CT molecular complexity index is 392. The zero-order valence-corrected chi connectivity index (χ0v) is 11.0. The molecule has 98 valence electrons. The summed E-state index contributed by atoms with van der Waals surface area (Å²) >= 11 is 5.73. The minimum Gasteiger partial charge on any atom is -0.365 e. The maximum Gasteiger partial charge on any atom is 0.151 e. The molecular weight excluding hydrogens is 250 g/mol. The van der Waals surface area contributed by atoms with Crippen molar-refractivity contribution >= 4 is 17.4 Å². The number of halogens is 1. The highest BCUT2D eigenvalue weighted by atomic mass is 35.5. The Hall–Kier alpha value is -0.910. The van der Waals surface area contributed by atoms with Crippen LogP contribution in [0.5, 0.6) is 0 Å². The molecular formula is C12H18ClN5. The van der Waals surface area contributed by atoms with E-state index >= 15 is 0 Å². The van der Waals surface area contributed by atoms with Crippen LogP contribution in [-0.2, 0) is 0 Å². The number of aromatic nitrogens is 2. The van der Waals surface area contributed by atoms with Crippen molar-refractivity contribution in [1.29, 1.82) is 0 Å². The maximum atomic E-state index is 5.73. The highest BCUT2D eigenvalue weighted by molar-refractivity contribution is 6.29. The average Bonchev–Trinajstić information content (AvgIpc) is 2.31. The van der Waals surface area contributed by atoms with Crippen molar-refractivity contribution in [3.8, 4) is 0 Å². The van der Waals surface area contributed by atoms with Gasteiger partial charge in [-0.15, -0.1) is 10.2 Å². The number of nitrogens with zero attached hydrogens (tertiary/aromatic N) is 3. The standard InChI is InChI=1S/C12H18ClN5/c13-11-3-4-12(17-16-11)15-9-2-1-5-18(8-9)10-6-14-7-10/h3-4,9-10,14H,1-2,5-8H2,(H,15,17)/t9-/m1/s1. The van der Waals surface area contributed by atoms with E-state index in [0.717, 1.165) is 31.5 Å². The van der Waals surface area contributed by atoms with Crippen molar-refractivity contribution in [1.82, 2.24) is 20.4 Å². The van der Waals surface area contributed by atoms with Gasteiger partial charge < -0.3 is 10.6 Å². The summed E-state index contributed by atoms with van der Waals surface area (Å²) in [4.78, 5) is 2.57. The van der Waals surface area contributed by atoms with Gasteiger partial charge in [-0.05, 0) is 31.5 Å². The lowest BCUT2D eigenvalue weighted by molar-refractivity contribution is 0.115. The molecule has 0 aromatic carbocycles. The summed E-state index contributed by atoms with van der Waals surface area (Å²) in [5.74, 6) is 0.818. The third-order valence-electron chi connectivity index (χ3n) is 3.71. The first-order valence-electron chi connectivity index (χ1n) is 6.52. The summed E-state index contributed by atoms with van der Waals surface area (Å²) in [7, 11) is 0. The minimum absolute atomic E-state index is 0.436. The van der Waals surface area contributed by atoms with Gasteiger partial charge in [0.2, 0.25) is 0 Å². The van der Waals surface area contributed by atoms with E-state index in [-0.39, 0.29) is 0 Å². The number of hydrogen-bond acceptors (Lipinski definition) is 5. The molecule has 6 heteroatoms. The minimum atomic E-state index is 0.436. The normalized spacial score (nSPS) is 25.7. The van der Waals surface area contributed by atoms with Gasteiger partial charge in [0.15, 0.2) is 5.15 Å². The molecule has 0 unspecified atom stereocenters. The molecule has 0 bridgehead atoms. The molecule has 5 nitrogen and oxygen atoms in total. The third kappa shape index (κ3) is 2.74. The fourth-order valence-electron chi connectivity index (χ4n) is 2.59. The van der Waals surface area contributed by atoms with Gasteiger partial charge in [0.25, 0.3) is 0 Å². The third-order valence-corrected chi connectivity index (χ3v) is 3.91. The lowest BCUT2D eigenvalue weighted by Crippen LogP contribution is -2.60. The molecule has 1 atom stereocenters. The number of rotatable bonds is 3. The largest absolute Gasteiger partial charge is 0.365 e. The Morgan fingerprint density at radius 1 is 1.33 bits per heavy atom. The first-order chi connectivity index (χ1) is 8.81. The van der Waals surface area contributed by atoms with Crippen LogP contribution in [0.2, 0.25) is 5.15 Å². The van der Waals surface area contributed by atoms with Crippen LogP contribution in [0.3, 0.4) is 0 Å². The van der Waals surface area contributed by atoms with Crippen molar-refractivity contribution in [2.45, 2.75) is 24.9 Å². The number of piperidine rings is 1. The summed E-state index contributed by atoms with van der Waals surface area (Å²) in [5, 5.41) is 15.1. The van der Waals surface area contributed by atoms with Crippen LogP contribution in [0.25, 0.3) is 0 Å². The second-order valence-electron chi connectivity index (χ2n) is 5.03. The van der Waals surface area contributed by atoms with Gasteiger partial charge in [0.1, 0.15) is 5.82 Å². The predicted molar refractivity (Wildman–Crippen MR) is 71.9 cm³/mol. The molecule has 1 aromatic rings. The van der Waals surface area contributed by atoms with Gasteiger partial charge in [-0.2, -0.15) is 0 Å². The Morgan fingerprint density at radius 2 is 2.22 bits per heavy atom. The Kier molecular flexibility index (Phi) is 3.63. The molecule has 0 spiro atoms. The van der Waals surface area contributed by atoms with Crippen LogP contribution in [-0.4, -0.2) is 53.4 Å². The molecule has 3 heterocycles. The Labute approximate surface area is 112 Å². The van der Waals surface area contributed by atoms with E-state index in [4.69, 9.17) is 11.6 Å². The average molecular weight is 268 g/mol. The van der Waals surface area contributed by atoms with E-state index in [1.54, 1.807) is 6.07 Å². The molecule has 18 heavy (non-hydrogen) atoms. The first kappa shape index (κ1) is 12.1. The SMILES string of the molecule is Clc1ccc(N[C@@H]2CCCN(C3CNC3)C2)nn1. The van der Waals surface area contributed by atoms with Crippen molar-refractivity contribution in [2.75, 3.05) is 31.5 Å². The summed E-state index contributed by atoms with van der Waals surface area (Å²) in [6.07, 6.45) is 2.44. The molecule has 2 aliphatic heterocycles. The van der Waals surface area contributed by atoms with Gasteiger partial charge >= 0.3 is 0 Å². The lowest BCUT2D eigenvalue weighted by Gasteiger charge is -2.43. The second kappa shape index (κ2) is 5.38. The molecule has 2 N–H and O–H groups in total. The zero-order valence-electron chi connectivity index (χ0n) is 10.3. The van der Waals surface area contributed by atoms with Crippen LogP contribution in [0.4, 0.5) is 5.82 Å². The Morgan fingerprint density at radius 3 is 2.89 bits per heavy atom. The molecule has 2 saturated heterocycles. The number of nitrogens with one attached hydrogen (secondary N) is 2. The molecule has 0 amide bonds. The van der Waals surface area contributed by atoms with Crippen molar-refractivity contribution in [3.63, 3.8) is 0 Å². The van der Waals surface area contributed by atoms with Gasteiger partial charge in [0, 0.05) is 31.7 Å². The smallest absolute Gasteiger partial charge is 0.151 e.